The minimum absolute atomic E-state index is 0. The fourth-order valence-electron chi connectivity index (χ4n) is 0.783. The Morgan fingerprint density at radius 3 is 2.64 bits per heavy atom. The summed E-state index contributed by atoms with van der Waals surface area (Å²) in [4.78, 5) is 13.6. The molecule has 0 unspecified atom stereocenters. The summed E-state index contributed by atoms with van der Waals surface area (Å²) in [5.41, 5.74) is 1.54. The molecule has 0 amide bonds. The number of halogens is 1. The number of imidazole rings is 1. The molecular weight excluding hydrogens is 184 g/mol. The summed E-state index contributed by atoms with van der Waals surface area (Å²) < 4.78 is 0.547. The standard InChI is InChI=1S/C5H4N4S.ClH/c10-5-3-4(7-1-6-3)8-2-9-5;/h1-2H,(H2,6,7,8,9,10);1H. The van der Waals surface area contributed by atoms with Gasteiger partial charge in [0.1, 0.15) is 5.52 Å². The van der Waals surface area contributed by atoms with Gasteiger partial charge in [-0.2, -0.15) is 0 Å². The average Bonchev–Trinajstić information content (AvgIpc) is 2.36. The largest absolute Gasteiger partial charge is 0.341 e. The third kappa shape index (κ3) is 1.24. The average molecular weight is 189 g/mol. The highest BCUT2D eigenvalue weighted by molar-refractivity contribution is 7.71. The van der Waals surface area contributed by atoms with Crippen LogP contribution in [-0.4, -0.2) is 19.9 Å². The minimum Gasteiger partial charge on any atom is -0.341 e. The van der Waals surface area contributed by atoms with Gasteiger partial charge in [-0.3, -0.25) is 0 Å². The molecule has 0 saturated carbocycles. The zero-order valence-corrected chi connectivity index (χ0v) is 7.00. The van der Waals surface area contributed by atoms with Crippen molar-refractivity contribution < 1.29 is 0 Å². The van der Waals surface area contributed by atoms with Gasteiger partial charge in [0.2, 0.25) is 0 Å². The van der Waals surface area contributed by atoms with E-state index in [4.69, 9.17) is 12.2 Å². The molecule has 0 fully saturated rings. The van der Waals surface area contributed by atoms with E-state index in [1.807, 2.05) is 0 Å². The van der Waals surface area contributed by atoms with Crippen LogP contribution in [0.25, 0.3) is 11.2 Å². The highest BCUT2D eigenvalue weighted by Crippen LogP contribution is 2.02. The van der Waals surface area contributed by atoms with Crippen molar-refractivity contribution in [1.29, 1.82) is 0 Å². The maximum absolute atomic E-state index is 4.91. The summed E-state index contributed by atoms with van der Waals surface area (Å²) in [5, 5.41) is 0. The third-order valence-electron chi connectivity index (χ3n) is 1.24. The smallest absolute Gasteiger partial charge is 0.159 e. The molecule has 2 aromatic rings. The Morgan fingerprint density at radius 2 is 1.91 bits per heavy atom. The van der Waals surface area contributed by atoms with E-state index in [2.05, 4.69) is 19.9 Å². The van der Waals surface area contributed by atoms with E-state index >= 15 is 0 Å². The molecule has 2 N–H and O–H groups in total. The first-order chi connectivity index (χ1) is 4.88. The van der Waals surface area contributed by atoms with Gasteiger partial charge in [-0.1, -0.05) is 12.2 Å². The molecule has 6 heteroatoms. The van der Waals surface area contributed by atoms with Crippen LogP contribution in [0.5, 0.6) is 0 Å². The van der Waals surface area contributed by atoms with E-state index in [1.54, 1.807) is 6.33 Å². The van der Waals surface area contributed by atoms with Crippen molar-refractivity contribution in [3.63, 3.8) is 0 Å². The van der Waals surface area contributed by atoms with Crippen molar-refractivity contribution >= 4 is 35.8 Å². The predicted molar refractivity (Wildman–Crippen MR) is 46.3 cm³/mol. The second-order valence-electron chi connectivity index (χ2n) is 1.83. The molecule has 58 valence electrons. The lowest BCUT2D eigenvalue weighted by atomic mass is 10.6. The van der Waals surface area contributed by atoms with Crippen LogP contribution in [0.15, 0.2) is 12.7 Å². The molecule has 2 aromatic heterocycles. The van der Waals surface area contributed by atoms with E-state index in [9.17, 15) is 0 Å². The number of nitrogens with zero attached hydrogens (tertiary/aromatic N) is 2. The van der Waals surface area contributed by atoms with Gasteiger partial charge in [0.05, 0.1) is 12.7 Å². The lowest BCUT2D eigenvalue weighted by molar-refractivity contribution is 1.18. The van der Waals surface area contributed by atoms with Crippen LogP contribution in [0.4, 0.5) is 0 Å². The monoisotopic (exact) mass is 188 g/mol. The van der Waals surface area contributed by atoms with Gasteiger partial charge in [0, 0.05) is 0 Å². The summed E-state index contributed by atoms with van der Waals surface area (Å²) in [6.45, 7) is 0. The minimum atomic E-state index is 0. The summed E-state index contributed by atoms with van der Waals surface area (Å²) in [6.07, 6.45) is 3.12. The highest BCUT2D eigenvalue weighted by atomic mass is 35.5. The molecule has 0 spiro atoms. The number of H-pyrrole nitrogens is 2. The Morgan fingerprint density at radius 1 is 1.18 bits per heavy atom. The van der Waals surface area contributed by atoms with Gasteiger partial charge in [-0.15, -0.1) is 12.4 Å². The molecular formula is C5H5ClN4S. The molecule has 2 heterocycles. The van der Waals surface area contributed by atoms with Gasteiger partial charge < -0.3 is 9.97 Å². The number of hydrogen-bond acceptors (Lipinski definition) is 3. The molecule has 2 rings (SSSR count). The van der Waals surface area contributed by atoms with Crippen molar-refractivity contribution in [3.05, 3.63) is 17.3 Å². The summed E-state index contributed by atoms with van der Waals surface area (Å²) in [5.74, 6) is 0. The number of aromatic amines is 2. The molecule has 11 heavy (non-hydrogen) atoms. The lowest BCUT2D eigenvalue weighted by Gasteiger charge is -1.84. The molecule has 0 aromatic carbocycles. The van der Waals surface area contributed by atoms with Crippen LogP contribution in [0, 0.1) is 4.64 Å². The topological polar surface area (TPSA) is 57.4 Å². The molecule has 0 aliphatic heterocycles. The van der Waals surface area contributed by atoms with Crippen molar-refractivity contribution in [2.24, 2.45) is 0 Å². The molecule has 0 aliphatic carbocycles. The Hall–Kier alpha value is -0.940. The number of rotatable bonds is 0. The molecule has 4 nitrogen and oxygen atoms in total. The van der Waals surface area contributed by atoms with Gasteiger partial charge >= 0.3 is 0 Å². The lowest BCUT2D eigenvalue weighted by Crippen LogP contribution is -1.80. The van der Waals surface area contributed by atoms with Crippen LogP contribution < -0.4 is 0 Å². The second-order valence-corrected chi connectivity index (χ2v) is 2.22. The maximum Gasteiger partial charge on any atom is 0.159 e. The Labute approximate surface area is 73.5 Å². The van der Waals surface area contributed by atoms with Crippen molar-refractivity contribution in [1.82, 2.24) is 19.9 Å². The number of hydrogen-bond donors (Lipinski definition) is 2. The molecule has 0 atom stereocenters. The van der Waals surface area contributed by atoms with Crippen LogP contribution in [0.3, 0.4) is 0 Å². The van der Waals surface area contributed by atoms with E-state index in [0.29, 0.717) is 4.64 Å². The SMILES string of the molecule is Cl.S=c1nc[nH]c2nc[nH]c12. The van der Waals surface area contributed by atoms with Gasteiger partial charge in [0.25, 0.3) is 0 Å². The van der Waals surface area contributed by atoms with Crippen LogP contribution in [0.1, 0.15) is 0 Å². The Bertz CT molecular complexity index is 406. The highest BCUT2D eigenvalue weighted by Gasteiger charge is 1.94. The summed E-state index contributed by atoms with van der Waals surface area (Å²) in [7, 11) is 0. The van der Waals surface area contributed by atoms with Crippen molar-refractivity contribution in [2.45, 2.75) is 0 Å². The fraction of sp³-hybridized carbons (Fsp3) is 0. The zero-order chi connectivity index (χ0) is 6.97. The molecule has 0 bridgehead atoms. The first kappa shape index (κ1) is 8.16. The Kier molecular flexibility index (Phi) is 2.21. The van der Waals surface area contributed by atoms with E-state index in [0.717, 1.165) is 11.2 Å². The second kappa shape index (κ2) is 2.98. The Balaban J connectivity index is 0.000000605. The normalized spacial score (nSPS) is 9.45. The first-order valence-corrected chi connectivity index (χ1v) is 3.15. The zero-order valence-electron chi connectivity index (χ0n) is 5.37. The fourth-order valence-corrected chi connectivity index (χ4v) is 0.992. The quantitative estimate of drug-likeness (QED) is 0.615. The maximum atomic E-state index is 4.91. The van der Waals surface area contributed by atoms with Crippen molar-refractivity contribution in [2.75, 3.05) is 0 Å². The number of fused-ring (bicyclic) bond motifs is 1. The third-order valence-corrected chi connectivity index (χ3v) is 1.55. The van der Waals surface area contributed by atoms with Crippen molar-refractivity contribution in [3.8, 4) is 0 Å². The van der Waals surface area contributed by atoms with Gasteiger partial charge in [-0.25, -0.2) is 9.97 Å². The van der Waals surface area contributed by atoms with E-state index in [1.165, 1.54) is 6.33 Å². The van der Waals surface area contributed by atoms with Crippen LogP contribution in [0.2, 0.25) is 0 Å². The van der Waals surface area contributed by atoms with Crippen LogP contribution >= 0.6 is 24.6 Å². The van der Waals surface area contributed by atoms with E-state index in [-0.39, 0.29) is 12.4 Å². The van der Waals surface area contributed by atoms with Gasteiger partial charge in [-0.05, 0) is 0 Å². The van der Waals surface area contributed by atoms with Gasteiger partial charge in [0.15, 0.2) is 10.3 Å². The van der Waals surface area contributed by atoms with E-state index < -0.39 is 0 Å². The number of aromatic nitrogens is 4. The summed E-state index contributed by atoms with van der Waals surface area (Å²) in [6, 6.07) is 0. The molecule has 0 radical (unpaired) electrons. The van der Waals surface area contributed by atoms with Crippen LogP contribution in [-0.2, 0) is 0 Å². The summed E-state index contributed by atoms with van der Waals surface area (Å²) >= 11 is 4.91. The molecule has 0 aliphatic rings. The first-order valence-electron chi connectivity index (χ1n) is 2.75. The number of nitrogens with one attached hydrogen (secondary N) is 2. The predicted octanol–water partition coefficient (Wildman–Crippen LogP) is 1.44. The molecule has 0 saturated heterocycles.